The number of nitrogens with zero attached hydrogens (tertiary/aromatic N) is 1. The Morgan fingerprint density at radius 1 is 1.27 bits per heavy atom. The van der Waals surface area contributed by atoms with Crippen LogP contribution in [0.5, 0.6) is 0 Å². The SMILES string of the molecule is CCCNC(=O)c1c[nH]c2c(=O)[nH]c3ccc(S(=O)(=O)N(C)C)cc3c12. The van der Waals surface area contributed by atoms with E-state index in [0.29, 0.717) is 28.4 Å². The van der Waals surface area contributed by atoms with Gasteiger partial charge in [0.1, 0.15) is 5.52 Å². The highest BCUT2D eigenvalue weighted by molar-refractivity contribution is 7.89. The zero-order valence-corrected chi connectivity index (χ0v) is 15.5. The van der Waals surface area contributed by atoms with Crippen molar-refractivity contribution in [2.24, 2.45) is 0 Å². The molecule has 26 heavy (non-hydrogen) atoms. The lowest BCUT2D eigenvalue weighted by atomic mass is 10.1. The molecule has 3 aromatic rings. The molecule has 0 unspecified atom stereocenters. The molecule has 0 saturated heterocycles. The molecule has 1 amide bonds. The highest BCUT2D eigenvalue weighted by atomic mass is 32.2. The molecule has 9 heteroatoms. The summed E-state index contributed by atoms with van der Waals surface area (Å²) in [6.45, 7) is 2.45. The largest absolute Gasteiger partial charge is 0.356 e. The third-order valence-electron chi connectivity index (χ3n) is 4.17. The van der Waals surface area contributed by atoms with E-state index in [1.807, 2.05) is 6.92 Å². The Morgan fingerprint density at radius 2 is 2.00 bits per heavy atom. The number of H-pyrrole nitrogens is 2. The molecule has 138 valence electrons. The summed E-state index contributed by atoms with van der Waals surface area (Å²) in [5, 5.41) is 3.68. The first-order chi connectivity index (χ1) is 12.3. The number of pyridine rings is 1. The van der Waals surface area contributed by atoms with Crippen molar-refractivity contribution in [2.45, 2.75) is 18.2 Å². The van der Waals surface area contributed by atoms with E-state index in [2.05, 4.69) is 15.3 Å². The number of fused-ring (bicyclic) bond motifs is 3. The predicted molar refractivity (Wildman–Crippen MR) is 99.9 cm³/mol. The first-order valence-corrected chi connectivity index (χ1v) is 9.59. The molecule has 2 aromatic heterocycles. The maximum absolute atomic E-state index is 12.5. The van der Waals surface area contributed by atoms with Crippen LogP contribution in [-0.2, 0) is 10.0 Å². The molecule has 0 atom stereocenters. The Bertz CT molecular complexity index is 1160. The van der Waals surface area contributed by atoms with Gasteiger partial charge in [0.2, 0.25) is 10.0 Å². The van der Waals surface area contributed by atoms with Gasteiger partial charge in [0.25, 0.3) is 11.5 Å². The van der Waals surface area contributed by atoms with Crippen molar-refractivity contribution in [1.82, 2.24) is 19.6 Å². The number of hydrogen-bond acceptors (Lipinski definition) is 4. The van der Waals surface area contributed by atoms with Gasteiger partial charge in [0, 0.05) is 43.1 Å². The number of rotatable bonds is 5. The van der Waals surface area contributed by atoms with Crippen LogP contribution in [-0.4, -0.2) is 49.2 Å². The van der Waals surface area contributed by atoms with E-state index in [1.54, 1.807) is 0 Å². The highest BCUT2D eigenvalue weighted by Crippen LogP contribution is 2.27. The normalized spacial score (nSPS) is 12.2. The van der Waals surface area contributed by atoms with Crippen LogP contribution in [0, 0.1) is 0 Å². The summed E-state index contributed by atoms with van der Waals surface area (Å²) < 4.78 is 26.0. The Balaban J connectivity index is 2.33. The van der Waals surface area contributed by atoms with Crippen molar-refractivity contribution < 1.29 is 13.2 Å². The summed E-state index contributed by atoms with van der Waals surface area (Å²) in [7, 11) is -0.754. The van der Waals surface area contributed by atoms with E-state index < -0.39 is 10.0 Å². The second-order valence-electron chi connectivity index (χ2n) is 6.16. The van der Waals surface area contributed by atoms with Crippen molar-refractivity contribution in [1.29, 1.82) is 0 Å². The highest BCUT2D eigenvalue weighted by Gasteiger charge is 2.21. The Hall–Kier alpha value is -2.65. The molecule has 8 nitrogen and oxygen atoms in total. The standard InChI is InChI=1S/C17H20N4O4S/c1-4-7-18-16(22)12-9-19-15-14(12)11-8-10(26(24,25)21(2)3)5-6-13(11)20-17(15)23/h5-6,8-9,19H,4,7H2,1-3H3,(H,18,22)(H,20,23). The van der Waals surface area contributed by atoms with E-state index in [0.717, 1.165) is 10.7 Å². The lowest BCUT2D eigenvalue weighted by molar-refractivity contribution is 0.0955. The number of sulfonamides is 1. The summed E-state index contributed by atoms with van der Waals surface area (Å²) in [4.78, 5) is 30.4. The van der Waals surface area contributed by atoms with E-state index in [-0.39, 0.29) is 21.9 Å². The number of carbonyl (C=O) groups is 1. The number of aromatic amines is 2. The number of benzene rings is 1. The Kier molecular flexibility index (Phi) is 4.59. The minimum atomic E-state index is -3.65. The molecule has 2 heterocycles. The topological polar surface area (TPSA) is 115 Å². The lowest BCUT2D eigenvalue weighted by Crippen LogP contribution is -2.24. The van der Waals surface area contributed by atoms with Gasteiger partial charge in [-0.05, 0) is 24.6 Å². The average molecular weight is 376 g/mol. The van der Waals surface area contributed by atoms with Crippen molar-refractivity contribution in [2.75, 3.05) is 20.6 Å². The zero-order valence-electron chi connectivity index (χ0n) is 14.7. The molecule has 0 bridgehead atoms. The second-order valence-corrected chi connectivity index (χ2v) is 8.31. The van der Waals surface area contributed by atoms with Crippen LogP contribution in [0.25, 0.3) is 21.8 Å². The van der Waals surface area contributed by atoms with Gasteiger partial charge in [-0.3, -0.25) is 9.59 Å². The molecule has 1 aromatic carbocycles. The Morgan fingerprint density at radius 3 is 2.65 bits per heavy atom. The number of aromatic nitrogens is 2. The Labute approximate surface area is 150 Å². The van der Waals surface area contributed by atoms with Crippen LogP contribution in [0.1, 0.15) is 23.7 Å². The first kappa shape index (κ1) is 18.2. The van der Waals surface area contributed by atoms with Gasteiger partial charge in [-0.1, -0.05) is 6.92 Å². The van der Waals surface area contributed by atoms with Crippen molar-refractivity contribution >= 4 is 37.7 Å². The smallest absolute Gasteiger partial charge is 0.272 e. The summed E-state index contributed by atoms with van der Waals surface area (Å²) in [5.74, 6) is -0.314. The van der Waals surface area contributed by atoms with E-state index in [4.69, 9.17) is 0 Å². The molecular formula is C17H20N4O4S. The third-order valence-corrected chi connectivity index (χ3v) is 5.99. The minimum absolute atomic E-state index is 0.0875. The fourth-order valence-corrected chi connectivity index (χ4v) is 3.72. The molecule has 3 N–H and O–H groups in total. The summed E-state index contributed by atoms with van der Waals surface area (Å²) in [6, 6.07) is 4.45. The number of carbonyl (C=O) groups excluding carboxylic acids is 1. The van der Waals surface area contributed by atoms with Crippen LogP contribution in [0.3, 0.4) is 0 Å². The predicted octanol–water partition coefficient (Wildman–Crippen LogP) is 1.40. The molecule has 0 saturated carbocycles. The van der Waals surface area contributed by atoms with E-state index in [9.17, 15) is 18.0 Å². The maximum atomic E-state index is 12.5. The zero-order chi connectivity index (χ0) is 19.1. The first-order valence-electron chi connectivity index (χ1n) is 8.15. The van der Waals surface area contributed by atoms with Gasteiger partial charge in [0.05, 0.1) is 10.5 Å². The van der Waals surface area contributed by atoms with Crippen LogP contribution < -0.4 is 10.9 Å². The fourth-order valence-electron chi connectivity index (χ4n) is 2.79. The maximum Gasteiger partial charge on any atom is 0.272 e. The van der Waals surface area contributed by atoms with Crippen molar-refractivity contribution in [3.63, 3.8) is 0 Å². The van der Waals surface area contributed by atoms with Crippen molar-refractivity contribution in [3.05, 3.63) is 40.3 Å². The molecule has 3 rings (SSSR count). The van der Waals surface area contributed by atoms with Gasteiger partial charge in [-0.25, -0.2) is 12.7 Å². The fraction of sp³-hybridized carbons (Fsp3) is 0.294. The van der Waals surface area contributed by atoms with Gasteiger partial charge in [-0.2, -0.15) is 0 Å². The summed E-state index contributed by atoms with van der Waals surface area (Å²) in [5.41, 5.74) is 0.636. The van der Waals surface area contributed by atoms with Gasteiger partial charge >= 0.3 is 0 Å². The molecule has 0 aliphatic rings. The molecular weight excluding hydrogens is 356 g/mol. The monoisotopic (exact) mass is 376 g/mol. The van der Waals surface area contributed by atoms with Gasteiger partial charge < -0.3 is 15.3 Å². The van der Waals surface area contributed by atoms with Crippen LogP contribution >= 0.6 is 0 Å². The quantitative estimate of drug-likeness (QED) is 0.624. The van der Waals surface area contributed by atoms with E-state index in [1.165, 1.54) is 38.5 Å². The third kappa shape index (κ3) is 2.89. The molecule has 0 radical (unpaired) electrons. The molecule has 0 aliphatic heterocycles. The minimum Gasteiger partial charge on any atom is -0.356 e. The lowest BCUT2D eigenvalue weighted by Gasteiger charge is -2.12. The van der Waals surface area contributed by atoms with Crippen LogP contribution in [0.4, 0.5) is 0 Å². The van der Waals surface area contributed by atoms with Crippen LogP contribution in [0.15, 0.2) is 34.1 Å². The van der Waals surface area contributed by atoms with E-state index >= 15 is 0 Å². The molecule has 0 fully saturated rings. The summed E-state index contributed by atoms with van der Waals surface area (Å²) in [6.07, 6.45) is 2.25. The molecule has 0 spiro atoms. The van der Waals surface area contributed by atoms with Gasteiger partial charge in [-0.15, -0.1) is 0 Å². The number of nitrogens with one attached hydrogen (secondary N) is 3. The number of amides is 1. The van der Waals surface area contributed by atoms with Crippen LogP contribution in [0.2, 0.25) is 0 Å². The second kappa shape index (κ2) is 6.58. The van der Waals surface area contributed by atoms with Gasteiger partial charge in [0.15, 0.2) is 0 Å². The number of hydrogen-bond donors (Lipinski definition) is 3. The summed E-state index contributed by atoms with van der Waals surface area (Å²) >= 11 is 0. The van der Waals surface area contributed by atoms with Crippen molar-refractivity contribution in [3.8, 4) is 0 Å². The molecule has 0 aliphatic carbocycles. The average Bonchev–Trinajstić information content (AvgIpc) is 3.05.